The van der Waals surface area contributed by atoms with Crippen molar-refractivity contribution in [3.8, 4) is 22.5 Å². The van der Waals surface area contributed by atoms with Gasteiger partial charge in [-0.3, -0.25) is 4.98 Å². The predicted octanol–water partition coefficient (Wildman–Crippen LogP) is 3.93. The molecule has 0 fully saturated rings. The van der Waals surface area contributed by atoms with Crippen LogP contribution in [0.3, 0.4) is 0 Å². The van der Waals surface area contributed by atoms with Crippen LogP contribution in [-0.2, 0) is 6.42 Å². The Hall–Kier alpha value is -2.68. The molecule has 0 saturated heterocycles. The normalized spacial score (nSPS) is 10.4. The fraction of sp³-hybridized carbons (Fsp3) is 0.0588. The highest BCUT2D eigenvalue weighted by Crippen LogP contribution is 2.31. The van der Waals surface area contributed by atoms with Crippen molar-refractivity contribution in [2.75, 3.05) is 0 Å². The largest absolute Gasteiger partial charge is 0.356 e. The zero-order valence-electron chi connectivity index (χ0n) is 10.9. The van der Waals surface area contributed by atoms with Crippen molar-refractivity contribution in [3.05, 3.63) is 73.2 Å². The second-order valence-corrected chi connectivity index (χ2v) is 4.38. The van der Waals surface area contributed by atoms with Gasteiger partial charge in [-0.2, -0.15) is 0 Å². The fourth-order valence-corrected chi connectivity index (χ4v) is 2.09. The molecule has 3 aromatic rings. The van der Waals surface area contributed by atoms with E-state index in [1.807, 2.05) is 36.4 Å². The van der Waals surface area contributed by atoms with Crippen LogP contribution < -0.4 is 0 Å². The van der Waals surface area contributed by atoms with Gasteiger partial charge >= 0.3 is 0 Å². The molecule has 1 radical (unpaired) electrons. The molecule has 0 amide bonds. The first-order valence-electron chi connectivity index (χ1n) is 6.37. The number of aromatic nitrogens is 2. The number of hydrogen-bond acceptors (Lipinski definition) is 3. The summed E-state index contributed by atoms with van der Waals surface area (Å²) in [4.78, 5) is 4.33. The molecular weight excluding hydrogens is 248 g/mol. The molecule has 3 heteroatoms. The van der Waals surface area contributed by atoms with E-state index >= 15 is 0 Å². The smallest absolute Gasteiger partial charge is 0.169 e. The predicted molar refractivity (Wildman–Crippen MR) is 77.9 cm³/mol. The van der Waals surface area contributed by atoms with Crippen molar-refractivity contribution in [2.45, 2.75) is 6.42 Å². The third-order valence-electron chi connectivity index (χ3n) is 3.01. The topological polar surface area (TPSA) is 38.9 Å². The fourth-order valence-electron chi connectivity index (χ4n) is 2.09. The molecule has 0 aliphatic carbocycles. The Bertz CT molecular complexity index is 703. The van der Waals surface area contributed by atoms with Crippen LogP contribution in [0.1, 0.15) is 5.69 Å². The Morgan fingerprint density at radius 1 is 1.20 bits per heavy atom. The summed E-state index contributed by atoms with van der Waals surface area (Å²) in [7, 11) is 0. The third-order valence-corrected chi connectivity index (χ3v) is 3.01. The lowest BCUT2D eigenvalue weighted by atomic mass is 9.98. The molecule has 0 spiro atoms. The standard InChI is InChI=1S/C17H13N2O/c1-2-6-14-11-15(13-7-4-3-5-8-13)16(12-18-14)17-9-10-19-20-17/h2-5,7-11H,1,6H2. The minimum absolute atomic E-state index is 0.668. The molecular formula is C17H13N2O. The second-order valence-electron chi connectivity index (χ2n) is 4.38. The van der Waals surface area contributed by atoms with Crippen LogP contribution in [0.5, 0.6) is 0 Å². The molecule has 0 aliphatic rings. The Kier molecular flexibility index (Phi) is 3.42. The summed E-state index contributed by atoms with van der Waals surface area (Å²) in [5, 5.41) is 3.75. The molecule has 20 heavy (non-hydrogen) atoms. The first-order chi connectivity index (χ1) is 9.88. The van der Waals surface area contributed by atoms with Gasteiger partial charge in [0.2, 0.25) is 0 Å². The number of allylic oxidation sites excluding steroid dienone is 1. The molecule has 0 unspecified atom stereocenters. The summed E-state index contributed by atoms with van der Waals surface area (Å²) in [6.45, 7) is 3.75. The van der Waals surface area contributed by atoms with E-state index in [0.29, 0.717) is 12.2 Å². The van der Waals surface area contributed by atoms with Crippen LogP contribution in [-0.4, -0.2) is 10.1 Å². The Morgan fingerprint density at radius 3 is 2.75 bits per heavy atom. The molecule has 2 heterocycles. The second kappa shape index (κ2) is 5.53. The lowest BCUT2D eigenvalue weighted by Crippen LogP contribution is -1.92. The summed E-state index contributed by atoms with van der Waals surface area (Å²) in [6.07, 6.45) is 7.23. The van der Waals surface area contributed by atoms with Crippen molar-refractivity contribution in [2.24, 2.45) is 0 Å². The van der Waals surface area contributed by atoms with Gasteiger partial charge in [-0.05, 0) is 17.2 Å². The Balaban J connectivity index is 2.17. The first kappa shape index (κ1) is 12.4. The third kappa shape index (κ3) is 2.38. The number of pyridine rings is 1. The van der Waals surface area contributed by atoms with E-state index in [0.717, 1.165) is 22.4 Å². The molecule has 2 aromatic heterocycles. The SMILES string of the molecule is C=CCc1cc(-c2ccccc2)c(-c2ccno2)[c]n1. The van der Waals surface area contributed by atoms with Crippen molar-refractivity contribution < 1.29 is 4.52 Å². The molecule has 0 atom stereocenters. The van der Waals surface area contributed by atoms with Gasteiger partial charge in [-0.15, -0.1) is 6.58 Å². The zero-order chi connectivity index (χ0) is 13.8. The average molecular weight is 261 g/mol. The van der Waals surface area contributed by atoms with Gasteiger partial charge in [0.1, 0.15) is 6.20 Å². The summed E-state index contributed by atoms with van der Waals surface area (Å²) < 4.78 is 5.24. The van der Waals surface area contributed by atoms with Crippen LogP contribution in [0.25, 0.3) is 22.5 Å². The lowest BCUT2D eigenvalue weighted by molar-refractivity contribution is 0.432. The van der Waals surface area contributed by atoms with Crippen LogP contribution >= 0.6 is 0 Å². The van der Waals surface area contributed by atoms with Gasteiger partial charge < -0.3 is 4.52 Å². The maximum Gasteiger partial charge on any atom is 0.169 e. The Labute approximate surface area is 117 Å². The van der Waals surface area contributed by atoms with Gasteiger partial charge in [-0.1, -0.05) is 41.6 Å². The quantitative estimate of drug-likeness (QED) is 0.668. The minimum Gasteiger partial charge on any atom is -0.356 e. The summed E-state index contributed by atoms with van der Waals surface area (Å²) >= 11 is 0. The van der Waals surface area contributed by atoms with Crippen LogP contribution in [0.2, 0.25) is 0 Å². The van der Waals surface area contributed by atoms with Crippen molar-refractivity contribution >= 4 is 0 Å². The van der Waals surface area contributed by atoms with E-state index in [2.05, 4.69) is 35.0 Å². The van der Waals surface area contributed by atoms with Crippen LogP contribution in [0.4, 0.5) is 0 Å². The van der Waals surface area contributed by atoms with Gasteiger partial charge in [0.15, 0.2) is 5.76 Å². The van der Waals surface area contributed by atoms with Crippen molar-refractivity contribution in [1.82, 2.24) is 10.1 Å². The highest BCUT2D eigenvalue weighted by Gasteiger charge is 2.12. The van der Waals surface area contributed by atoms with E-state index in [1.165, 1.54) is 0 Å². The maximum absolute atomic E-state index is 5.24. The number of hydrogen-bond donors (Lipinski definition) is 0. The maximum atomic E-state index is 5.24. The van der Waals surface area contributed by atoms with Gasteiger partial charge in [0.05, 0.1) is 11.8 Å². The van der Waals surface area contributed by atoms with Gasteiger partial charge in [0, 0.05) is 18.2 Å². The minimum atomic E-state index is 0.668. The van der Waals surface area contributed by atoms with Crippen molar-refractivity contribution in [3.63, 3.8) is 0 Å². The molecule has 0 saturated carbocycles. The van der Waals surface area contributed by atoms with Gasteiger partial charge in [0.25, 0.3) is 0 Å². The first-order valence-corrected chi connectivity index (χ1v) is 6.37. The highest BCUT2D eigenvalue weighted by atomic mass is 16.5. The van der Waals surface area contributed by atoms with Crippen LogP contribution in [0, 0.1) is 6.20 Å². The molecule has 3 nitrogen and oxygen atoms in total. The summed E-state index contributed by atoms with van der Waals surface area (Å²) in [5.41, 5.74) is 3.89. The van der Waals surface area contributed by atoms with E-state index in [9.17, 15) is 0 Å². The highest BCUT2D eigenvalue weighted by molar-refractivity contribution is 5.80. The molecule has 3 rings (SSSR count). The zero-order valence-corrected chi connectivity index (χ0v) is 10.9. The molecule has 0 bridgehead atoms. The molecule has 1 aromatic carbocycles. The summed E-state index contributed by atoms with van der Waals surface area (Å²) in [5.74, 6) is 0.668. The Morgan fingerprint density at radius 2 is 2.05 bits per heavy atom. The molecule has 0 N–H and O–H groups in total. The van der Waals surface area contributed by atoms with E-state index < -0.39 is 0 Å². The summed E-state index contributed by atoms with van der Waals surface area (Å²) in [6, 6.07) is 14.0. The van der Waals surface area contributed by atoms with Crippen LogP contribution in [0.15, 0.2) is 65.8 Å². The lowest BCUT2D eigenvalue weighted by Gasteiger charge is -2.08. The molecule has 97 valence electrons. The number of nitrogens with zero attached hydrogens (tertiary/aromatic N) is 2. The number of benzene rings is 1. The van der Waals surface area contributed by atoms with E-state index in [1.54, 1.807) is 6.20 Å². The number of rotatable bonds is 4. The monoisotopic (exact) mass is 261 g/mol. The van der Waals surface area contributed by atoms with Gasteiger partial charge in [-0.25, -0.2) is 0 Å². The van der Waals surface area contributed by atoms with E-state index in [-0.39, 0.29) is 0 Å². The van der Waals surface area contributed by atoms with E-state index in [4.69, 9.17) is 4.52 Å². The average Bonchev–Trinajstić information content (AvgIpc) is 3.03. The van der Waals surface area contributed by atoms with Crippen molar-refractivity contribution in [1.29, 1.82) is 0 Å². The molecule has 0 aliphatic heterocycles.